The molecular formula is C19H20F2N4O. The maximum absolute atomic E-state index is 13.8. The largest absolute Gasteiger partial charge is 0.358 e. The summed E-state index contributed by atoms with van der Waals surface area (Å²) in [6.07, 6.45) is 5.34. The summed E-state index contributed by atoms with van der Waals surface area (Å²) in [6, 6.07) is 7.69. The Labute approximate surface area is 150 Å². The quantitative estimate of drug-likeness (QED) is 0.496. The summed E-state index contributed by atoms with van der Waals surface area (Å²) in [5.41, 5.74) is 3.37. The molecule has 0 aliphatic rings. The lowest BCUT2D eigenvalue weighted by Gasteiger charge is -2.15. The van der Waals surface area contributed by atoms with Gasteiger partial charge in [0.1, 0.15) is 5.65 Å². The molecule has 0 saturated heterocycles. The van der Waals surface area contributed by atoms with Crippen LogP contribution in [0.25, 0.3) is 16.7 Å². The van der Waals surface area contributed by atoms with Gasteiger partial charge >= 0.3 is 0 Å². The topological polar surface area (TPSA) is 59.8 Å². The molecule has 136 valence electrons. The molecular weight excluding hydrogens is 338 g/mol. The van der Waals surface area contributed by atoms with Crippen LogP contribution in [0.2, 0.25) is 0 Å². The molecule has 0 radical (unpaired) electrons. The van der Waals surface area contributed by atoms with E-state index in [1.54, 1.807) is 12.4 Å². The third kappa shape index (κ3) is 4.22. The normalized spacial score (nSPS) is 11.7. The first-order valence-electron chi connectivity index (χ1n) is 8.42. The summed E-state index contributed by atoms with van der Waals surface area (Å²) in [7, 11) is 0. The van der Waals surface area contributed by atoms with Crippen LogP contribution in [0.3, 0.4) is 0 Å². The SMILES string of the molecule is Cc1ccc(-n2ccc3cc(CCC(F)(F)CCNC=O)cnc32)cn1. The van der Waals surface area contributed by atoms with E-state index in [0.29, 0.717) is 6.41 Å². The van der Waals surface area contributed by atoms with E-state index in [-0.39, 0.29) is 25.8 Å². The molecule has 1 N–H and O–H groups in total. The van der Waals surface area contributed by atoms with Crippen molar-refractivity contribution in [1.82, 2.24) is 19.9 Å². The fourth-order valence-corrected chi connectivity index (χ4v) is 2.78. The van der Waals surface area contributed by atoms with E-state index >= 15 is 0 Å². The first-order chi connectivity index (χ1) is 12.5. The Kier molecular flexibility index (Phi) is 5.25. The number of pyridine rings is 2. The zero-order chi connectivity index (χ0) is 18.6. The van der Waals surface area contributed by atoms with E-state index in [2.05, 4.69) is 15.3 Å². The molecule has 0 aliphatic carbocycles. The predicted molar refractivity (Wildman–Crippen MR) is 95.6 cm³/mol. The van der Waals surface area contributed by atoms with Gasteiger partial charge in [0.15, 0.2) is 0 Å². The Balaban J connectivity index is 1.72. The van der Waals surface area contributed by atoms with Crippen molar-refractivity contribution in [3.63, 3.8) is 0 Å². The summed E-state index contributed by atoms with van der Waals surface area (Å²) >= 11 is 0. The molecule has 0 bridgehead atoms. The summed E-state index contributed by atoms with van der Waals surface area (Å²) in [4.78, 5) is 18.9. The maximum atomic E-state index is 13.8. The number of hydrogen-bond acceptors (Lipinski definition) is 3. The van der Waals surface area contributed by atoms with Gasteiger partial charge in [-0.05, 0) is 43.2 Å². The molecule has 0 fully saturated rings. The first-order valence-corrected chi connectivity index (χ1v) is 8.42. The van der Waals surface area contributed by atoms with E-state index in [0.717, 1.165) is 28.0 Å². The van der Waals surface area contributed by atoms with E-state index in [4.69, 9.17) is 0 Å². The molecule has 3 aromatic heterocycles. The number of amides is 1. The second-order valence-corrected chi connectivity index (χ2v) is 6.28. The Morgan fingerprint density at radius 3 is 2.77 bits per heavy atom. The highest BCUT2D eigenvalue weighted by molar-refractivity contribution is 5.78. The van der Waals surface area contributed by atoms with E-state index in [1.807, 2.05) is 42.0 Å². The number of fused-ring (bicyclic) bond motifs is 1. The average Bonchev–Trinajstić information content (AvgIpc) is 3.04. The van der Waals surface area contributed by atoms with Gasteiger partial charge < -0.3 is 5.32 Å². The molecule has 0 unspecified atom stereocenters. The van der Waals surface area contributed by atoms with Gasteiger partial charge in [0, 0.05) is 42.9 Å². The molecule has 26 heavy (non-hydrogen) atoms. The fourth-order valence-electron chi connectivity index (χ4n) is 2.78. The molecule has 3 heterocycles. The fraction of sp³-hybridized carbons (Fsp3) is 0.316. The number of carbonyl (C=O) groups excluding carboxylic acids is 1. The summed E-state index contributed by atoms with van der Waals surface area (Å²) < 4.78 is 29.6. The van der Waals surface area contributed by atoms with Crippen LogP contribution in [0.15, 0.2) is 42.9 Å². The molecule has 3 rings (SSSR count). The standard InChI is InChI=1S/C19H20F2N4O/c1-14-2-3-17(12-23-14)25-9-5-16-10-15(11-24-18(16)25)4-6-19(20,21)7-8-22-13-26/h2-3,5,9-13H,4,6-8H2,1H3,(H,22,26). The molecule has 1 amide bonds. The Hall–Kier alpha value is -2.83. The highest BCUT2D eigenvalue weighted by Crippen LogP contribution is 2.26. The lowest BCUT2D eigenvalue weighted by molar-refractivity contribution is -0.109. The predicted octanol–water partition coefficient (Wildman–Crippen LogP) is 3.43. The van der Waals surface area contributed by atoms with E-state index in [9.17, 15) is 13.6 Å². The van der Waals surface area contributed by atoms with Gasteiger partial charge in [-0.3, -0.25) is 14.3 Å². The van der Waals surface area contributed by atoms with Gasteiger partial charge in [0.05, 0.1) is 11.9 Å². The lowest BCUT2D eigenvalue weighted by Crippen LogP contribution is -2.24. The number of carbonyl (C=O) groups is 1. The molecule has 7 heteroatoms. The number of rotatable bonds is 8. The number of alkyl halides is 2. The van der Waals surface area contributed by atoms with Gasteiger partial charge in [-0.15, -0.1) is 0 Å². The minimum absolute atomic E-state index is 0.0266. The van der Waals surface area contributed by atoms with Crippen molar-refractivity contribution in [3.8, 4) is 5.69 Å². The molecule has 0 spiro atoms. The van der Waals surface area contributed by atoms with Crippen LogP contribution in [-0.2, 0) is 11.2 Å². The molecule has 5 nitrogen and oxygen atoms in total. The van der Waals surface area contributed by atoms with Crippen LogP contribution in [-0.4, -0.2) is 33.4 Å². The van der Waals surface area contributed by atoms with E-state index < -0.39 is 5.92 Å². The second kappa shape index (κ2) is 7.59. The summed E-state index contributed by atoms with van der Waals surface area (Å²) in [5.74, 6) is -2.82. The van der Waals surface area contributed by atoms with Gasteiger partial charge in [-0.1, -0.05) is 0 Å². The number of halogens is 2. The van der Waals surface area contributed by atoms with Crippen molar-refractivity contribution in [2.45, 2.75) is 32.1 Å². The maximum Gasteiger partial charge on any atom is 0.250 e. The van der Waals surface area contributed by atoms with Crippen LogP contribution in [0, 0.1) is 6.92 Å². The van der Waals surface area contributed by atoms with Crippen LogP contribution in [0.1, 0.15) is 24.1 Å². The Morgan fingerprint density at radius 2 is 2.04 bits per heavy atom. The smallest absolute Gasteiger partial charge is 0.250 e. The van der Waals surface area contributed by atoms with Crippen molar-refractivity contribution in [2.24, 2.45) is 0 Å². The van der Waals surface area contributed by atoms with Crippen molar-refractivity contribution < 1.29 is 13.6 Å². The third-order valence-electron chi connectivity index (χ3n) is 4.25. The average molecular weight is 358 g/mol. The molecule has 0 saturated carbocycles. The van der Waals surface area contributed by atoms with Crippen molar-refractivity contribution in [3.05, 3.63) is 54.1 Å². The third-order valence-corrected chi connectivity index (χ3v) is 4.25. The van der Waals surface area contributed by atoms with Crippen LogP contribution >= 0.6 is 0 Å². The number of hydrogen-bond donors (Lipinski definition) is 1. The molecule has 0 aliphatic heterocycles. The number of aryl methyl sites for hydroxylation is 2. The Morgan fingerprint density at radius 1 is 1.19 bits per heavy atom. The number of aromatic nitrogens is 3. The summed E-state index contributed by atoms with van der Waals surface area (Å²) in [6.45, 7) is 1.90. The van der Waals surface area contributed by atoms with Crippen molar-refractivity contribution in [2.75, 3.05) is 6.54 Å². The minimum atomic E-state index is -2.82. The second-order valence-electron chi connectivity index (χ2n) is 6.28. The van der Waals surface area contributed by atoms with Gasteiger partial charge in [0.2, 0.25) is 12.3 Å². The van der Waals surface area contributed by atoms with Gasteiger partial charge in [0.25, 0.3) is 0 Å². The van der Waals surface area contributed by atoms with Crippen LogP contribution in [0.4, 0.5) is 8.78 Å². The monoisotopic (exact) mass is 358 g/mol. The van der Waals surface area contributed by atoms with Crippen LogP contribution < -0.4 is 5.32 Å². The van der Waals surface area contributed by atoms with E-state index in [1.165, 1.54) is 0 Å². The van der Waals surface area contributed by atoms with Crippen LogP contribution in [0.5, 0.6) is 0 Å². The highest BCUT2D eigenvalue weighted by atomic mass is 19.3. The van der Waals surface area contributed by atoms with Gasteiger partial charge in [-0.25, -0.2) is 13.8 Å². The minimum Gasteiger partial charge on any atom is -0.358 e. The highest BCUT2D eigenvalue weighted by Gasteiger charge is 2.27. The van der Waals surface area contributed by atoms with Crippen molar-refractivity contribution >= 4 is 17.4 Å². The first kappa shape index (κ1) is 18.0. The zero-order valence-electron chi connectivity index (χ0n) is 14.5. The summed E-state index contributed by atoms with van der Waals surface area (Å²) in [5, 5.41) is 3.16. The molecule has 0 atom stereocenters. The Bertz CT molecular complexity index is 890. The number of nitrogens with one attached hydrogen (secondary N) is 1. The lowest BCUT2D eigenvalue weighted by atomic mass is 10.0. The number of nitrogens with zero attached hydrogens (tertiary/aromatic N) is 3. The van der Waals surface area contributed by atoms with Gasteiger partial charge in [-0.2, -0.15) is 0 Å². The van der Waals surface area contributed by atoms with Crippen molar-refractivity contribution in [1.29, 1.82) is 0 Å². The molecule has 0 aromatic carbocycles. The zero-order valence-corrected chi connectivity index (χ0v) is 14.5. The molecule has 3 aromatic rings.